The fraction of sp³-hybridized carbons (Fsp3) is 0.294. The maximum atomic E-state index is 14.5. The van der Waals surface area contributed by atoms with Crippen LogP contribution in [0.15, 0.2) is 88.9 Å². The van der Waals surface area contributed by atoms with Gasteiger partial charge in [-0.15, -0.1) is 0 Å². The second-order valence-corrected chi connectivity index (χ2v) is 12.8. The highest BCUT2D eigenvalue weighted by molar-refractivity contribution is 9.10. The standard InChI is InChI=1S/C34H29BrN2O6/c1-34-25(31(40)37(33(34)42)20-11-7-4-8-12-20)17-23-21(28(34)24-15-18(35)16-26(43-2)29(24)38)13-14-22-27(23)32(41)36(30(22)39)19-9-5-3-6-10-19/h3-13,15-16,22-23,25,27-28,38H,14,17H2,1-2H3/t22-,23+,25-,27-,28+,34+/m0/s1. The van der Waals surface area contributed by atoms with Crippen LogP contribution in [-0.4, -0.2) is 35.8 Å². The van der Waals surface area contributed by atoms with Crippen molar-refractivity contribution in [3.05, 3.63) is 94.5 Å². The molecule has 2 aliphatic carbocycles. The lowest BCUT2D eigenvalue weighted by Gasteiger charge is -2.49. The topological polar surface area (TPSA) is 104 Å². The van der Waals surface area contributed by atoms with Gasteiger partial charge in [0.25, 0.3) is 0 Å². The Morgan fingerprint density at radius 2 is 1.49 bits per heavy atom. The van der Waals surface area contributed by atoms with Crippen molar-refractivity contribution in [1.82, 2.24) is 0 Å². The van der Waals surface area contributed by atoms with Gasteiger partial charge in [0.2, 0.25) is 23.6 Å². The minimum absolute atomic E-state index is 0.127. The number of carbonyl (C=O) groups is 4. The number of nitrogens with zero attached hydrogens (tertiary/aromatic N) is 2. The monoisotopic (exact) mass is 640 g/mol. The Morgan fingerprint density at radius 3 is 2.12 bits per heavy atom. The average Bonchev–Trinajstić information content (AvgIpc) is 3.38. The van der Waals surface area contributed by atoms with E-state index in [0.717, 1.165) is 5.57 Å². The zero-order valence-electron chi connectivity index (χ0n) is 23.6. The Hall–Kier alpha value is -4.24. The first-order chi connectivity index (χ1) is 20.7. The Morgan fingerprint density at radius 1 is 0.860 bits per heavy atom. The summed E-state index contributed by atoms with van der Waals surface area (Å²) in [5.74, 6) is -4.45. The quantitative estimate of drug-likeness (QED) is 0.294. The molecule has 3 aromatic rings. The SMILES string of the molecule is COc1cc(Br)cc([C@H]2C3=CC[C@@H]4C(=O)N(c5ccccc5)C(=O)[C@@H]4[C@@H]3C[C@H]3C(=O)N(c4ccccc4)C(=O)[C@@]23C)c1O. The van der Waals surface area contributed by atoms with Gasteiger partial charge in [-0.2, -0.15) is 0 Å². The Balaban J connectivity index is 1.41. The number of hydrogen-bond donors (Lipinski definition) is 1. The molecule has 2 heterocycles. The van der Waals surface area contributed by atoms with Crippen LogP contribution in [0.25, 0.3) is 0 Å². The third kappa shape index (κ3) is 3.80. The van der Waals surface area contributed by atoms with E-state index in [2.05, 4.69) is 15.9 Å². The third-order valence-electron chi connectivity index (χ3n) is 9.90. The molecule has 0 spiro atoms. The van der Waals surface area contributed by atoms with Gasteiger partial charge in [-0.3, -0.25) is 24.1 Å². The largest absolute Gasteiger partial charge is 0.504 e. The van der Waals surface area contributed by atoms with Crippen molar-refractivity contribution in [3.63, 3.8) is 0 Å². The Kier molecular flexibility index (Phi) is 6.36. The maximum absolute atomic E-state index is 14.5. The van der Waals surface area contributed by atoms with Crippen LogP contribution in [-0.2, 0) is 19.2 Å². The number of rotatable bonds is 4. The molecule has 0 unspecified atom stereocenters. The maximum Gasteiger partial charge on any atom is 0.241 e. The second-order valence-electron chi connectivity index (χ2n) is 11.9. The molecule has 1 saturated carbocycles. The molecular weight excluding hydrogens is 612 g/mol. The lowest BCUT2D eigenvalue weighted by atomic mass is 9.51. The van der Waals surface area contributed by atoms with Crippen molar-refractivity contribution < 1.29 is 29.0 Å². The molecule has 8 nitrogen and oxygen atoms in total. The van der Waals surface area contributed by atoms with Gasteiger partial charge in [0, 0.05) is 16.0 Å². The first-order valence-electron chi connectivity index (χ1n) is 14.3. The molecule has 2 saturated heterocycles. The molecule has 1 N–H and O–H groups in total. The number of phenols is 1. The molecule has 2 aliphatic heterocycles. The number of amides is 4. The van der Waals surface area contributed by atoms with Crippen LogP contribution in [0.2, 0.25) is 0 Å². The molecule has 43 heavy (non-hydrogen) atoms. The summed E-state index contributed by atoms with van der Waals surface area (Å²) >= 11 is 3.53. The molecule has 218 valence electrons. The van der Waals surface area contributed by atoms with Crippen molar-refractivity contribution in [1.29, 1.82) is 0 Å². The first-order valence-corrected chi connectivity index (χ1v) is 15.1. The van der Waals surface area contributed by atoms with Gasteiger partial charge in [-0.05, 0) is 62.1 Å². The van der Waals surface area contributed by atoms with Gasteiger partial charge in [0.05, 0.1) is 41.7 Å². The van der Waals surface area contributed by atoms with Crippen LogP contribution >= 0.6 is 15.9 Å². The second kappa shape index (κ2) is 9.91. The lowest BCUT2D eigenvalue weighted by Crippen LogP contribution is -2.49. The van der Waals surface area contributed by atoms with E-state index < -0.39 is 35.0 Å². The number of allylic oxidation sites excluding steroid dienone is 2. The van der Waals surface area contributed by atoms with Crippen LogP contribution < -0.4 is 14.5 Å². The van der Waals surface area contributed by atoms with E-state index >= 15 is 0 Å². The number of imide groups is 2. The molecule has 3 fully saturated rings. The first kappa shape index (κ1) is 27.6. The van der Waals surface area contributed by atoms with Crippen LogP contribution in [0.5, 0.6) is 11.5 Å². The zero-order chi connectivity index (χ0) is 30.2. The molecule has 0 aromatic heterocycles. The van der Waals surface area contributed by atoms with Crippen molar-refractivity contribution in [3.8, 4) is 11.5 Å². The molecule has 0 bridgehead atoms. The number of anilines is 2. The summed E-state index contributed by atoms with van der Waals surface area (Å²) in [6.07, 6.45) is 2.52. The summed E-state index contributed by atoms with van der Waals surface area (Å²) in [7, 11) is 1.45. The van der Waals surface area contributed by atoms with Crippen LogP contribution in [0, 0.1) is 29.1 Å². The molecule has 9 heteroatoms. The highest BCUT2D eigenvalue weighted by atomic mass is 79.9. The number of aromatic hydroxyl groups is 1. The highest BCUT2D eigenvalue weighted by Crippen LogP contribution is 2.65. The number of halogens is 1. The van der Waals surface area contributed by atoms with E-state index in [9.17, 15) is 24.3 Å². The molecule has 7 rings (SSSR count). The number of fused-ring (bicyclic) bond motifs is 4. The number of ether oxygens (including phenoxy) is 1. The van der Waals surface area contributed by atoms with E-state index in [4.69, 9.17) is 4.74 Å². The summed E-state index contributed by atoms with van der Waals surface area (Å²) in [6, 6.07) is 21.1. The normalized spacial score (nSPS) is 29.7. The average molecular weight is 642 g/mol. The fourth-order valence-electron chi connectivity index (χ4n) is 7.98. The number of carbonyl (C=O) groups excluding carboxylic acids is 4. The zero-order valence-corrected chi connectivity index (χ0v) is 25.2. The summed E-state index contributed by atoms with van der Waals surface area (Å²) in [4.78, 5) is 59.0. The minimum Gasteiger partial charge on any atom is -0.504 e. The third-order valence-corrected chi connectivity index (χ3v) is 10.4. The number of hydrogen-bond acceptors (Lipinski definition) is 6. The number of phenolic OH excluding ortho intramolecular Hbond substituents is 1. The lowest BCUT2D eigenvalue weighted by molar-refractivity contribution is -0.131. The predicted octanol–water partition coefficient (Wildman–Crippen LogP) is 5.60. The number of para-hydroxylation sites is 2. The molecule has 3 aromatic carbocycles. The Bertz CT molecular complexity index is 1720. The van der Waals surface area contributed by atoms with Crippen molar-refractivity contribution >= 4 is 50.9 Å². The van der Waals surface area contributed by atoms with Gasteiger partial charge in [-0.1, -0.05) is 64.0 Å². The summed E-state index contributed by atoms with van der Waals surface area (Å²) in [5.41, 5.74) is 0.946. The van der Waals surface area contributed by atoms with Crippen LogP contribution in [0.3, 0.4) is 0 Å². The summed E-state index contributed by atoms with van der Waals surface area (Å²) in [6.45, 7) is 1.79. The number of methoxy groups -OCH3 is 1. The highest BCUT2D eigenvalue weighted by Gasteiger charge is 2.68. The van der Waals surface area contributed by atoms with Gasteiger partial charge in [0.1, 0.15) is 0 Å². The van der Waals surface area contributed by atoms with Gasteiger partial charge < -0.3 is 9.84 Å². The molecule has 6 atom stereocenters. The summed E-state index contributed by atoms with van der Waals surface area (Å²) < 4.78 is 6.10. The van der Waals surface area contributed by atoms with E-state index in [1.807, 2.05) is 18.2 Å². The Labute approximate surface area is 257 Å². The molecule has 4 amide bonds. The smallest absolute Gasteiger partial charge is 0.241 e. The van der Waals surface area contributed by atoms with Crippen molar-refractivity contribution in [2.75, 3.05) is 16.9 Å². The van der Waals surface area contributed by atoms with E-state index in [-0.39, 0.29) is 41.5 Å². The predicted molar refractivity (Wildman–Crippen MR) is 162 cm³/mol. The van der Waals surface area contributed by atoms with Crippen molar-refractivity contribution in [2.24, 2.45) is 29.1 Å². The van der Waals surface area contributed by atoms with E-state index in [0.29, 0.717) is 27.8 Å². The van der Waals surface area contributed by atoms with E-state index in [1.165, 1.54) is 16.9 Å². The fourth-order valence-corrected chi connectivity index (χ4v) is 8.44. The summed E-state index contributed by atoms with van der Waals surface area (Å²) in [5, 5.41) is 11.5. The minimum atomic E-state index is -1.27. The van der Waals surface area contributed by atoms with Gasteiger partial charge in [-0.25, -0.2) is 4.90 Å². The van der Waals surface area contributed by atoms with Gasteiger partial charge in [0.15, 0.2) is 11.5 Å². The van der Waals surface area contributed by atoms with E-state index in [1.54, 1.807) is 67.6 Å². The molecular formula is C34H29BrN2O6. The van der Waals surface area contributed by atoms with Crippen LogP contribution in [0.4, 0.5) is 11.4 Å². The van der Waals surface area contributed by atoms with Crippen LogP contribution in [0.1, 0.15) is 31.2 Å². The van der Waals surface area contributed by atoms with Gasteiger partial charge >= 0.3 is 0 Å². The molecule has 4 aliphatic rings. The molecule has 0 radical (unpaired) electrons. The number of benzene rings is 3. The van der Waals surface area contributed by atoms with Crippen molar-refractivity contribution in [2.45, 2.75) is 25.7 Å².